The molecule has 3 rings (SSSR count). The molecule has 0 saturated heterocycles. The summed E-state index contributed by atoms with van der Waals surface area (Å²) in [5, 5.41) is 11.9. The predicted molar refractivity (Wildman–Crippen MR) is 82.1 cm³/mol. The molecule has 1 fully saturated rings. The van der Waals surface area contributed by atoms with Crippen LogP contribution < -0.4 is 10.1 Å². The van der Waals surface area contributed by atoms with Crippen molar-refractivity contribution in [3.05, 3.63) is 65.7 Å². The van der Waals surface area contributed by atoms with Crippen molar-refractivity contribution in [2.24, 2.45) is 0 Å². The van der Waals surface area contributed by atoms with E-state index < -0.39 is 6.10 Å². The van der Waals surface area contributed by atoms with E-state index in [1.165, 1.54) is 0 Å². The minimum Gasteiger partial charge on any atom is -0.476 e. The standard InChI is InChI=1S/C18H16N2O2/c19-12-13-5-4-8-16(11-13)22-17(14-6-2-1-3-7-14)18(21)20-15-9-10-15/h1-8,11,15,17H,9-10H2,(H,20,21)/t17-/m0/s1. The second-order valence-electron chi connectivity index (χ2n) is 5.33. The van der Waals surface area contributed by atoms with Crippen molar-refractivity contribution in [3.63, 3.8) is 0 Å². The van der Waals surface area contributed by atoms with E-state index in [-0.39, 0.29) is 11.9 Å². The molecular formula is C18H16N2O2. The number of rotatable bonds is 5. The van der Waals surface area contributed by atoms with Crippen molar-refractivity contribution in [1.29, 1.82) is 5.26 Å². The lowest BCUT2D eigenvalue weighted by atomic mass is 10.1. The third-order valence-corrected chi connectivity index (χ3v) is 3.48. The Bertz CT molecular complexity index is 703. The first-order valence-corrected chi connectivity index (χ1v) is 7.28. The number of amides is 1. The number of nitriles is 1. The van der Waals surface area contributed by atoms with E-state index >= 15 is 0 Å². The zero-order valence-corrected chi connectivity index (χ0v) is 12.0. The van der Waals surface area contributed by atoms with E-state index in [2.05, 4.69) is 11.4 Å². The van der Waals surface area contributed by atoms with Crippen LogP contribution in [0.1, 0.15) is 30.1 Å². The van der Waals surface area contributed by atoms with Crippen LogP contribution in [0.4, 0.5) is 0 Å². The summed E-state index contributed by atoms with van der Waals surface area (Å²) in [7, 11) is 0. The highest BCUT2D eigenvalue weighted by Crippen LogP contribution is 2.25. The van der Waals surface area contributed by atoms with Gasteiger partial charge in [0.15, 0.2) is 0 Å². The van der Waals surface area contributed by atoms with Crippen molar-refractivity contribution in [3.8, 4) is 11.8 Å². The van der Waals surface area contributed by atoms with Crippen LogP contribution in [0.25, 0.3) is 0 Å². The molecule has 1 aliphatic rings. The molecular weight excluding hydrogens is 276 g/mol. The molecule has 2 aromatic carbocycles. The molecule has 110 valence electrons. The van der Waals surface area contributed by atoms with Crippen LogP contribution in [0.2, 0.25) is 0 Å². The van der Waals surface area contributed by atoms with Gasteiger partial charge in [0.25, 0.3) is 5.91 Å². The van der Waals surface area contributed by atoms with Gasteiger partial charge in [0, 0.05) is 11.6 Å². The first kappa shape index (κ1) is 14.2. The zero-order chi connectivity index (χ0) is 15.4. The Kier molecular flexibility index (Phi) is 4.06. The second kappa shape index (κ2) is 6.31. The highest BCUT2D eigenvalue weighted by Gasteiger charge is 2.29. The van der Waals surface area contributed by atoms with Crippen LogP contribution in [-0.2, 0) is 4.79 Å². The van der Waals surface area contributed by atoms with Gasteiger partial charge in [-0.1, -0.05) is 36.4 Å². The summed E-state index contributed by atoms with van der Waals surface area (Å²) in [6.07, 6.45) is 1.34. The SMILES string of the molecule is N#Cc1cccc(O[C@H](C(=O)NC2CC2)c2ccccc2)c1. The summed E-state index contributed by atoms with van der Waals surface area (Å²) in [5.74, 6) is 0.370. The minimum absolute atomic E-state index is 0.143. The molecule has 4 nitrogen and oxygen atoms in total. The Morgan fingerprint density at radius 3 is 2.64 bits per heavy atom. The van der Waals surface area contributed by atoms with Crippen LogP contribution in [0.3, 0.4) is 0 Å². The van der Waals surface area contributed by atoms with Gasteiger partial charge in [-0.05, 0) is 31.0 Å². The van der Waals surface area contributed by atoms with Crippen molar-refractivity contribution < 1.29 is 9.53 Å². The van der Waals surface area contributed by atoms with Gasteiger partial charge in [0.1, 0.15) is 5.75 Å². The molecule has 0 heterocycles. The smallest absolute Gasteiger partial charge is 0.266 e. The Hall–Kier alpha value is -2.80. The van der Waals surface area contributed by atoms with Gasteiger partial charge < -0.3 is 10.1 Å². The largest absolute Gasteiger partial charge is 0.476 e. The van der Waals surface area contributed by atoms with Crippen LogP contribution in [0.15, 0.2) is 54.6 Å². The van der Waals surface area contributed by atoms with Gasteiger partial charge >= 0.3 is 0 Å². The van der Waals surface area contributed by atoms with E-state index in [1.807, 2.05) is 30.3 Å². The summed E-state index contributed by atoms with van der Waals surface area (Å²) >= 11 is 0. The molecule has 1 saturated carbocycles. The Morgan fingerprint density at radius 1 is 1.18 bits per heavy atom. The number of hydrogen-bond acceptors (Lipinski definition) is 3. The lowest BCUT2D eigenvalue weighted by Gasteiger charge is -2.19. The van der Waals surface area contributed by atoms with Gasteiger partial charge in [-0.15, -0.1) is 0 Å². The van der Waals surface area contributed by atoms with Crippen LogP contribution >= 0.6 is 0 Å². The highest BCUT2D eigenvalue weighted by atomic mass is 16.5. The quantitative estimate of drug-likeness (QED) is 0.921. The maximum absolute atomic E-state index is 12.5. The lowest BCUT2D eigenvalue weighted by Crippen LogP contribution is -2.33. The van der Waals surface area contributed by atoms with Crippen molar-refractivity contribution in [1.82, 2.24) is 5.32 Å². The van der Waals surface area contributed by atoms with Gasteiger partial charge in [-0.25, -0.2) is 0 Å². The summed E-state index contributed by atoms with van der Waals surface area (Å²) < 4.78 is 5.87. The molecule has 4 heteroatoms. The Morgan fingerprint density at radius 2 is 1.95 bits per heavy atom. The lowest BCUT2D eigenvalue weighted by molar-refractivity contribution is -0.128. The summed E-state index contributed by atoms with van der Waals surface area (Å²) in [6, 6.07) is 18.6. The van der Waals surface area contributed by atoms with Gasteiger partial charge in [0.2, 0.25) is 6.10 Å². The minimum atomic E-state index is -0.712. The maximum atomic E-state index is 12.5. The first-order valence-electron chi connectivity index (χ1n) is 7.28. The van der Waals surface area contributed by atoms with E-state index in [9.17, 15) is 4.79 Å². The van der Waals surface area contributed by atoms with Crippen LogP contribution in [0.5, 0.6) is 5.75 Å². The fourth-order valence-electron chi connectivity index (χ4n) is 2.18. The van der Waals surface area contributed by atoms with Crippen LogP contribution in [-0.4, -0.2) is 11.9 Å². The van der Waals surface area contributed by atoms with E-state index in [0.717, 1.165) is 18.4 Å². The topological polar surface area (TPSA) is 62.1 Å². The number of nitrogens with one attached hydrogen (secondary N) is 1. The van der Waals surface area contributed by atoms with Gasteiger partial charge in [0.05, 0.1) is 11.6 Å². The van der Waals surface area contributed by atoms with Crippen molar-refractivity contribution in [2.45, 2.75) is 25.0 Å². The van der Waals surface area contributed by atoms with E-state index in [4.69, 9.17) is 10.00 Å². The average molecular weight is 292 g/mol. The number of nitrogens with zero attached hydrogens (tertiary/aromatic N) is 1. The number of carbonyl (C=O) groups is 1. The molecule has 0 radical (unpaired) electrons. The number of carbonyl (C=O) groups excluding carboxylic acids is 1. The summed E-state index contributed by atoms with van der Waals surface area (Å²) in [6.45, 7) is 0. The summed E-state index contributed by atoms with van der Waals surface area (Å²) in [4.78, 5) is 12.5. The third kappa shape index (κ3) is 3.44. The number of hydrogen-bond donors (Lipinski definition) is 1. The fraction of sp³-hybridized carbons (Fsp3) is 0.222. The molecule has 1 aliphatic carbocycles. The third-order valence-electron chi connectivity index (χ3n) is 3.48. The van der Waals surface area contributed by atoms with Gasteiger partial charge in [-0.2, -0.15) is 5.26 Å². The van der Waals surface area contributed by atoms with Crippen molar-refractivity contribution >= 4 is 5.91 Å². The molecule has 22 heavy (non-hydrogen) atoms. The molecule has 1 amide bonds. The first-order chi connectivity index (χ1) is 10.8. The summed E-state index contributed by atoms with van der Waals surface area (Å²) in [5.41, 5.74) is 1.30. The molecule has 0 bridgehead atoms. The monoisotopic (exact) mass is 292 g/mol. The fourth-order valence-corrected chi connectivity index (χ4v) is 2.18. The molecule has 2 aromatic rings. The molecule has 0 unspecified atom stereocenters. The van der Waals surface area contributed by atoms with E-state index in [1.54, 1.807) is 24.3 Å². The number of ether oxygens (including phenoxy) is 1. The molecule has 0 spiro atoms. The van der Waals surface area contributed by atoms with Gasteiger partial charge in [-0.3, -0.25) is 4.79 Å². The van der Waals surface area contributed by atoms with Crippen molar-refractivity contribution in [2.75, 3.05) is 0 Å². The second-order valence-corrected chi connectivity index (χ2v) is 5.33. The van der Waals surface area contributed by atoms with Crippen LogP contribution in [0, 0.1) is 11.3 Å². The maximum Gasteiger partial charge on any atom is 0.266 e. The zero-order valence-electron chi connectivity index (χ0n) is 12.0. The number of benzene rings is 2. The highest BCUT2D eigenvalue weighted by molar-refractivity contribution is 5.83. The molecule has 1 atom stereocenters. The molecule has 0 aliphatic heterocycles. The Balaban J connectivity index is 1.84. The normalized spacial score (nSPS) is 14.7. The predicted octanol–water partition coefficient (Wildman–Crippen LogP) is 2.96. The molecule has 1 N–H and O–H groups in total. The Labute approximate surface area is 129 Å². The van der Waals surface area contributed by atoms with E-state index in [0.29, 0.717) is 11.3 Å². The average Bonchev–Trinajstić information content (AvgIpc) is 3.37. The molecule has 0 aromatic heterocycles.